The summed E-state index contributed by atoms with van der Waals surface area (Å²) in [5, 5.41) is 0. The Labute approximate surface area is 357 Å². The number of carbonyl (C=O) groups excluding carboxylic acids is 2. The van der Waals surface area contributed by atoms with Crippen LogP contribution in [-0.4, -0.2) is 61.0 Å². The topological polar surface area (TPSA) is 59.1 Å². The summed E-state index contributed by atoms with van der Waals surface area (Å²) in [6.45, 7) is 15.3. The zero-order chi connectivity index (χ0) is 41.7. The van der Waals surface area contributed by atoms with Crippen LogP contribution >= 0.6 is 0 Å². The van der Waals surface area contributed by atoms with E-state index >= 15 is 0 Å². The molecule has 2 rings (SSSR count). The molecule has 0 bridgehead atoms. The zero-order valence-electron chi connectivity index (χ0n) is 38.2. The molecule has 0 unspecified atom stereocenters. The van der Waals surface area contributed by atoms with E-state index in [2.05, 4.69) is 49.6 Å². The van der Waals surface area contributed by atoms with Crippen LogP contribution in [0, 0.1) is 0 Å². The van der Waals surface area contributed by atoms with Gasteiger partial charge in [0.2, 0.25) is 0 Å². The summed E-state index contributed by atoms with van der Waals surface area (Å²) in [5.41, 5.74) is 3.95. The van der Waals surface area contributed by atoms with Crippen LogP contribution in [0.15, 0.2) is 48.5 Å². The van der Waals surface area contributed by atoms with Gasteiger partial charge in [0.15, 0.2) is 0 Å². The quantitative estimate of drug-likeness (QED) is 0.0495. The van der Waals surface area contributed by atoms with E-state index in [1.807, 2.05) is 36.4 Å². The minimum absolute atomic E-state index is 0.144. The number of unbranched alkanes of at least 4 members (excludes halogenated alkanes) is 20. The molecule has 0 saturated carbocycles. The number of rotatable bonds is 39. The Bertz CT molecular complexity index is 1150. The average Bonchev–Trinajstić information content (AvgIpc) is 3.24. The number of esters is 2. The first kappa shape index (κ1) is 51.4. The van der Waals surface area contributed by atoms with E-state index in [0.717, 1.165) is 61.5 Å². The molecule has 0 aliphatic rings. The minimum Gasteiger partial charge on any atom is -0.461 e. The third-order valence-corrected chi connectivity index (χ3v) is 11.7. The molecular weight excluding hydrogens is 717 g/mol. The maximum atomic E-state index is 13.1. The molecular formula is C52H88N2O4. The molecule has 0 heterocycles. The second-order valence-electron chi connectivity index (χ2n) is 16.9. The smallest absolute Gasteiger partial charge is 0.307 e. The maximum Gasteiger partial charge on any atom is 0.307 e. The third-order valence-electron chi connectivity index (χ3n) is 11.7. The van der Waals surface area contributed by atoms with Crippen LogP contribution in [0.5, 0.6) is 0 Å². The average molecular weight is 805 g/mol. The summed E-state index contributed by atoms with van der Waals surface area (Å²) in [6.07, 6.45) is 31.7. The van der Waals surface area contributed by atoms with E-state index in [0.29, 0.717) is 12.8 Å². The Morgan fingerprint density at radius 2 is 0.655 bits per heavy atom. The SMILES string of the molecule is CCCCCCCCN(CCCCCCCC)CCC(=O)OCc1ccccc1-c1ccccc1COC(=O)CCN(CCCCCCCC)CCCCCCCC. The predicted octanol–water partition coefficient (Wildman–Crippen LogP) is 14.3. The van der Waals surface area contributed by atoms with Crippen molar-refractivity contribution in [2.24, 2.45) is 0 Å². The molecule has 0 aliphatic carbocycles. The first-order chi connectivity index (χ1) is 28.5. The van der Waals surface area contributed by atoms with E-state index in [1.165, 1.54) is 154 Å². The number of ether oxygens (including phenoxy) is 2. The Morgan fingerprint density at radius 3 is 0.966 bits per heavy atom. The molecule has 0 radical (unpaired) electrons. The lowest BCUT2D eigenvalue weighted by atomic mass is 9.96. The molecule has 2 aromatic carbocycles. The molecule has 0 N–H and O–H groups in total. The van der Waals surface area contributed by atoms with Gasteiger partial charge in [-0.1, -0.05) is 205 Å². The van der Waals surface area contributed by atoms with Crippen molar-refractivity contribution in [3.8, 4) is 11.1 Å². The second-order valence-corrected chi connectivity index (χ2v) is 16.9. The van der Waals surface area contributed by atoms with Crippen molar-refractivity contribution >= 4 is 11.9 Å². The van der Waals surface area contributed by atoms with Crippen LogP contribution in [0.4, 0.5) is 0 Å². The fourth-order valence-corrected chi connectivity index (χ4v) is 7.91. The highest BCUT2D eigenvalue weighted by Crippen LogP contribution is 2.28. The summed E-state index contributed by atoms with van der Waals surface area (Å²) < 4.78 is 11.8. The molecule has 330 valence electrons. The molecule has 0 fully saturated rings. The van der Waals surface area contributed by atoms with Gasteiger partial charge in [0, 0.05) is 13.1 Å². The lowest BCUT2D eigenvalue weighted by molar-refractivity contribution is -0.146. The molecule has 58 heavy (non-hydrogen) atoms. The second kappa shape index (κ2) is 36.2. The molecule has 6 nitrogen and oxygen atoms in total. The molecule has 0 atom stereocenters. The maximum absolute atomic E-state index is 13.1. The predicted molar refractivity (Wildman–Crippen MR) is 247 cm³/mol. The minimum atomic E-state index is -0.144. The van der Waals surface area contributed by atoms with Crippen molar-refractivity contribution in [3.63, 3.8) is 0 Å². The van der Waals surface area contributed by atoms with Gasteiger partial charge in [0.05, 0.1) is 12.8 Å². The third kappa shape index (κ3) is 25.7. The van der Waals surface area contributed by atoms with Gasteiger partial charge in [-0.2, -0.15) is 0 Å². The van der Waals surface area contributed by atoms with Crippen LogP contribution in [0.3, 0.4) is 0 Å². The summed E-state index contributed by atoms with van der Waals surface area (Å²) in [7, 11) is 0. The number of nitrogens with zero attached hydrogens (tertiary/aromatic N) is 2. The first-order valence-corrected chi connectivity index (χ1v) is 24.4. The van der Waals surface area contributed by atoms with E-state index in [1.54, 1.807) is 0 Å². The van der Waals surface area contributed by atoms with Gasteiger partial charge >= 0.3 is 11.9 Å². The van der Waals surface area contributed by atoms with E-state index in [9.17, 15) is 9.59 Å². The van der Waals surface area contributed by atoms with Gasteiger partial charge in [-0.25, -0.2) is 0 Å². The van der Waals surface area contributed by atoms with Crippen LogP contribution < -0.4 is 0 Å². The van der Waals surface area contributed by atoms with Crippen LogP contribution in [0.1, 0.15) is 206 Å². The Balaban J connectivity index is 1.92. The lowest BCUT2D eigenvalue weighted by Gasteiger charge is -2.22. The van der Waals surface area contributed by atoms with Crippen molar-refractivity contribution in [2.75, 3.05) is 39.3 Å². The molecule has 0 aliphatic heterocycles. The van der Waals surface area contributed by atoms with Crippen molar-refractivity contribution in [1.82, 2.24) is 9.80 Å². The fourth-order valence-electron chi connectivity index (χ4n) is 7.91. The van der Waals surface area contributed by atoms with Gasteiger partial charge in [0.1, 0.15) is 13.2 Å². The molecule has 6 heteroatoms. The highest BCUT2D eigenvalue weighted by molar-refractivity contribution is 5.73. The van der Waals surface area contributed by atoms with Crippen LogP contribution in [0.25, 0.3) is 11.1 Å². The molecule has 0 saturated heterocycles. The molecule has 2 aromatic rings. The highest BCUT2D eigenvalue weighted by atomic mass is 16.5. The number of carbonyl (C=O) groups is 2. The number of hydrogen-bond donors (Lipinski definition) is 0. The van der Waals surface area contributed by atoms with E-state index in [-0.39, 0.29) is 25.2 Å². The summed E-state index contributed by atoms with van der Waals surface area (Å²) >= 11 is 0. The molecule has 0 aromatic heterocycles. The Hall–Kier alpha value is -2.70. The summed E-state index contributed by atoms with van der Waals surface area (Å²) in [6, 6.07) is 16.3. The van der Waals surface area contributed by atoms with Crippen molar-refractivity contribution in [2.45, 2.75) is 208 Å². The Kier molecular flexibility index (Phi) is 32.1. The van der Waals surface area contributed by atoms with Gasteiger partial charge in [-0.3, -0.25) is 9.59 Å². The summed E-state index contributed by atoms with van der Waals surface area (Å²) in [4.78, 5) is 31.3. The van der Waals surface area contributed by atoms with Crippen LogP contribution in [0.2, 0.25) is 0 Å². The van der Waals surface area contributed by atoms with Crippen molar-refractivity contribution in [1.29, 1.82) is 0 Å². The first-order valence-electron chi connectivity index (χ1n) is 24.4. The van der Waals surface area contributed by atoms with Gasteiger partial charge in [0.25, 0.3) is 0 Å². The van der Waals surface area contributed by atoms with Gasteiger partial charge in [-0.15, -0.1) is 0 Å². The number of benzene rings is 2. The zero-order valence-corrected chi connectivity index (χ0v) is 38.2. The largest absolute Gasteiger partial charge is 0.461 e. The number of hydrogen-bond acceptors (Lipinski definition) is 6. The highest BCUT2D eigenvalue weighted by Gasteiger charge is 2.15. The standard InChI is InChI=1S/C52H88N2O4/c1-5-9-13-17-21-29-39-53(40-30-22-18-14-10-6-2)43-37-51(55)57-45-47-33-25-27-35-49(47)50-36-28-26-34-48(50)46-58-52(56)38-44-54(41-31-23-19-15-11-7-3)42-32-24-20-16-12-8-4/h25-28,33-36H,5-24,29-32,37-46H2,1-4H3. The molecule has 0 spiro atoms. The Morgan fingerprint density at radius 1 is 0.379 bits per heavy atom. The van der Waals surface area contributed by atoms with Crippen molar-refractivity contribution < 1.29 is 19.1 Å². The van der Waals surface area contributed by atoms with Crippen molar-refractivity contribution in [3.05, 3.63) is 59.7 Å². The summed E-state index contributed by atoms with van der Waals surface area (Å²) in [5.74, 6) is -0.287. The normalized spacial score (nSPS) is 11.5. The fraction of sp³-hybridized carbons (Fsp3) is 0.731. The van der Waals surface area contributed by atoms with Gasteiger partial charge < -0.3 is 19.3 Å². The van der Waals surface area contributed by atoms with E-state index < -0.39 is 0 Å². The van der Waals surface area contributed by atoms with Crippen LogP contribution in [-0.2, 0) is 32.3 Å². The monoisotopic (exact) mass is 805 g/mol. The van der Waals surface area contributed by atoms with Gasteiger partial charge in [-0.05, 0) is 74.1 Å². The van der Waals surface area contributed by atoms with E-state index in [4.69, 9.17) is 9.47 Å². The molecule has 0 amide bonds. The lowest BCUT2D eigenvalue weighted by Crippen LogP contribution is -2.29.